The zero-order valence-electron chi connectivity index (χ0n) is 11.1. The molecule has 2 amide bonds. The fourth-order valence-corrected chi connectivity index (χ4v) is 1.53. The highest BCUT2D eigenvalue weighted by atomic mass is 19.1. The predicted octanol–water partition coefficient (Wildman–Crippen LogP) is 1.15. The Kier molecular flexibility index (Phi) is 5.29. The van der Waals surface area contributed by atoms with Crippen molar-refractivity contribution in [3.63, 3.8) is 0 Å². The number of ether oxygens (including phenoxy) is 1. The van der Waals surface area contributed by atoms with E-state index in [0.717, 1.165) is 0 Å². The molecule has 0 unspecified atom stereocenters. The Morgan fingerprint density at radius 2 is 2.05 bits per heavy atom. The molecule has 5 nitrogen and oxygen atoms in total. The van der Waals surface area contributed by atoms with Gasteiger partial charge in [-0.05, 0) is 24.6 Å². The van der Waals surface area contributed by atoms with Gasteiger partial charge >= 0.3 is 0 Å². The van der Waals surface area contributed by atoms with Gasteiger partial charge in [0.25, 0.3) is 0 Å². The van der Waals surface area contributed by atoms with Gasteiger partial charge in [0, 0.05) is 13.0 Å². The van der Waals surface area contributed by atoms with Crippen LogP contribution in [0, 0.1) is 5.82 Å². The number of benzene rings is 1. The normalized spacial score (nSPS) is 11.6. The third-order valence-corrected chi connectivity index (χ3v) is 2.50. The molecular formula is C13H17FN2O3. The van der Waals surface area contributed by atoms with E-state index in [1.54, 1.807) is 13.0 Å². The van der Waals surface area contributed by atoms with Crippen LogP contribution in [-0.4, -0.2) is 25.5 Å². The summed E-state index contributed by atoms with van der Waals surface area (Å²) >= 11 is 0. The Morgan fingerprint density at radius 1 is 1.37 bits per heavy atom. The molecule has 0 aliphatic carbocycles. The van der Waals surface area contributed by atoms with E-state index in [4.69, 9.17) is 4.74 Å². The molecule has 0 aliphatic rings. The molecule has 1 aromatic carbocycles. The smallest absolute Gasteiger partial charge is 0.239 e. The largest absolute Gasteiger partial charge is 0.497 e. The van der Waals surface area contributed by atoms with Crippen LogP contribution in [-0.2, 0) is 9.59 Å². The molecule has 6 heteroatoms. The first kappa shape index (κ1) is 14.9. The molecule has 0 aromatic heterocycles. The van der Waals surface area contributed by atoms with Crippen molar-refractivity contribution in [3.8, 4) is 5.75 Å². The van der Waals surface area contributed by atoms with Gasteiger partial charge in [0.1, 0.15) is 11.6 Å². The predicted molar refractivity (Wildman–Crippen MR) is 68.2 cm³/mol. The molecule has 0 spiro atoms. The topological polar surface area (TPSA) is 67.4 Å². The lowest BCUT2D eigenvalue weighted by Gasteiger charge is -2.15. The van der Waals surface area contributed by atoms with Crippen LogP contribution in [0.3, 0.4) is 0 Å². The second kappa shape index (κ2) is 6.72. The average Bonchev–Trinajstić information content (AvgIpc) is 2.35. The van der Waals surface area contributed by atoms with E-state index < -0.39 is 5.82 Å². The maximum atomic E-state index is 13.3. The van der Waals surface area contributed by atoms with Crippen molar-refractivity contribution in [1.82, 2.24) is 10.6 Å². The summed E-state index contributed by atoms with van der Waals surface area (Å²) in [6.07, 6.45) is 0. The van der Waals surface area contributed by atoms with Gasteiger partial charge in [-0.2, -0.15) is 0 Å². The molecule has 104 valence electrons. The number of nitrogens with one attached hydrogen (secondary N) is 2. The third-order valence-electron chi connectivity index (χ3n) is 2.50. The van der Waals surface area contributed by atoms with Crippen LogP contribution in [0.25, 0.3) is 0 Å². The molecule has 1 rings (SSSR count). The summed E-state index contributed by atoms with van der Waals surface area (Å²) in [7, 11) is 1.44. The summed E-state index contributed by atoms with van der Waals surface area (Å²) in [5.74, 6) is -0.670. The molecule has 0 heterocycles. The summed E-state index contributed by atoms with van der Waals surface area (Å²) in [5, 5.41) is 5.04. The number of methoxy groups -OCH3 is 1. The molecule has 19 heavy (non-hydrogen) atoms. The fourth-order valence-electron chi connectivity index (χ4n) is 1.53. The van der Waals surface area contributed by atoms with Gasteiger partial charge in [-0.25, -0.2) is 4.39 Å². The first-order valence-corrected chi connectivity index (χ1v) is 5.80. The second-order valence-corrected chi connectivity index (χ2v) is 4.12. The van der Waals surface area contributed by atoms with E-state index in [1.807, 2.05) is 0 Å². The number of halogens is 1. The minimum Gasteiger partial charge on any atom is -0.497 e. The highest BCUT2D eigenvalue weighted by Crippen LogP contribution is 2.21. The molecule has 0 saturated heterocycles. The van der Waals surface area contributed by atoms with Gasteiger partial charge in [0.2, 0.25) is 11.8 Å². The molecular weight excluding hydrogens is 251 g/mol. The molecule has 0 bridgehead atoms. The van der Waals surface area contributed by atoms with Crippen molar-refractivity contribution in [2.75, 3.05) is 13.7 Å². The van der Waals surface area contributed by atoms with Crippen molar-refractivity contribution in [2.24, 2.45) is 0 Å². The van der Waals surface area contributed by atoms with Crippen LogP contribution in [0.5, 0.6) is 5.75 Å². The number of amides is 2. The zero-order valence-corrected chi connectivity index (χ0v) is 11.1. The van der Waals surface area contributed by atoms with Crippen LogP contribution < -0.4 is 15.4 Å². The minimum atomic E-state index is -0.433. The molecule has 0 radical (unpaired) electrons. The van der Waals surface area contributed by atoms with Gasteiger partial charge < -0.3 is 15.4 Å². The molecule has 1 atom stereocenters. The van der Waals surface area contributed by atoms with Crippen LogP contribution in [0.1, 0.15) is 25.5 Å². The van der Waals surface area contributed by atoms with E-state index in [1.165, 1.54) is 26.2 Å². The van der Waals surface area contributed by atoms with E-state index in [-0.39, 0.29) is 24.4 Å². The van der Waals surface area contributed by atoms with Crippen molar-refractivity contribution >= 4 is 11.8 Å². The van der Waals surface area contributed by atoms with E-state index in [2.05, 4.69) is 10.6 Å². The van der Waals surface area contributed by atoms with E-state index >= 15 is 0 Å². The van der Waals surface area contributed by atoms with Crippen LogP contribution in [0.15, 0.2) is 18.2 Å². The van der Waals surface area contributed by atoms with Gasteiger partial charge in [-0.3, -0.25) is 9.59 Å². The quantitative estimate of drug-likeness (QED) is 0.841. The Labute approximate surface area is 111 Å². The maximum Gasteiger partial charge on any atom is 0.239 e. The lowest BCUT2D eigenvalue weighted by Crippen LogP contribution is -2.37. The lowest BCUT2D eigenvalue weighted by atomic mass is 10.1. The fraction of sp³-hybridized carbons (Fsp3) is 0.385. The van der Waals surface area contributed by atoms with Gasteiger partial charge in [-0.15, -0.1) is 0 Å². The summed E-state index contributed by atoms with van der Waals surface area (Å²) in [6.45, 7) is 2.94. The lowest BCUT2D eigenvalue weighted by molar-refractivity contribution is -0.125. The van der Waals surface area contributed by atoms with Gasteiger partial charge in [-0.1, -0.05) is 0 Å². The summed E-state index contributed by atoms with van der Waals surface area (Å²) in [4.78, 5) is 22.2. The number of rotatable bonds is 5. The number of carbonyl (C=O) groups is 2. The molecule has 0 saturated carbocycles. The van der Waals surface area contributed by atoms with Crippen molar-refractivity contribution in [2.45, 2.75) is 19.9 Å². The monoisotopic (exact) mass is 268 g/mol. The van der Waals surface area contributed by atoms with E-state index in [9.17, 15) is 14.0 Å². The first-order chi connectivity index (χ1) is 8.92. The van der Waals surface area contributed by atoms with Crippen molar-refractivity contribution in [3.05, 3.63) is 29.6 Å². The van der Waals surface area contributed by atoms with Crippen LogP contribution in [0.2, 0.25) is 0 Å². The van der Waals surface area contributed by atoms with Crippen LogP contribution >= 0.6 is 0 Å². The zero-order chi connectivity index (χ0) is 14.4. The second-order valence-electron chi connectivity index (χ2n) is 4.12. The average molecular weight is 268 g/mol. The molecule has 1 aromatic rings. The van der Waals surface area contributed by atoms with Gasteiger partial charge in [0.05, 0.1) is 19.7 Å². The molecule has 0 fully saturated rings. The molecule has 2 N–H and O–H groups in total. The highest BCUT2D eigenvalue weighted by molar-refractivity contribution is 5.83. The van der Waals surface area contributed by atoms with Crippen molar-refractivity contribution in [1.29, 1.82) is 0 Å². The Balaban J connectivity index is 2.67. The third kappa shape index (κ3) is 4.95. The summed E-state index contributed by atoms with van der Waals surface area (Å²) < 4.78 is 18.3. The SMILES string of the molecule is COc1cc(F)cc([C@@H](C)NC(=O)CNC(C)=O)c1. The van der Waals surface area contributed by atoms with Crippen molar-refractivity contribution < 1.29 is 18.7 Å². The molecule has 0 aliphatic heterocycles. The number of carbonyl (C=O) groups excluding carboxylic acids is 2. The number of hydrogen-bond acceptors (Lipinski definition) is 3. The first-order valence-electron chi connectivity index (χ1n) is 5.80. The number of hydrogen-bond donors (Lipinski definition) is 2. The summed E-state index contributed by atoms with van der Waals surface area (Å²) in [6, 6.07) is 3.85. The minimum absolute atomic E-state index is 0.105. The Hall–Kier alpha value is -2.11. The van der Waals surface area contributed by atoms with Crippen LogP contribution in [0.4, 0.5) is 4.39 Å². The van der Waals surface area contributed by atoms with Gasteiger partial charge in [0.15, 0.2) is 0 Å². The highest BCUT2D eigenvalue weighted by Gasteiger charge is 2.12. The maximum absolute atomic E-state index is 13.3. The Bertz CT molecular complexity index is 477. The van der Waals surface area contributed by atoms with E-state index in [0.29, 0.717) is 11.3 Å². The Morgan fingerprint density at radius 3 is 2.63 bits per heavy atom. The standard InChI is InChI=1S/C13H17FN2O3/c1-8(16-13(18)7-15-9(2)17)10-4-11(14)6-12(5-10)19-3/h4-6,8H,7H2,1-3H3,(H,15,17)(H,16,18)/t8-/m1/s1. The summed E-state index contributed by atoms with van der Waals surface area (Å²) in [5.41, 5.74) is 0.591.